The molecule has 2 aromatic heterocycles. The van der Waals surface area contributed by atoms with Gasteiger partial charge in [-0.25, -0.2) is 9.97 Å². The van der Waals surface area contributed by atoms with E-state index in [9.17, 15) is 4.79 Å². The number of hydrogen-bond acceptors (Lipinski definition) is 7. The van der Waals surface area contributed by atoms with Crippen molar-refractivity contribution < 1.29 is 9.53 Å². The van der Waals surface area contributed by atoms with E-state index in [1.165, 1.54) is 0 Å². The molecule has 2 N–H and O–H groups in total. The van der Waals surface area contributed by atoms with Crippen molar-refractivity contribution in [2.75, 3.05) is 5.32 Å². The quantitative estimate of drug-likeness (QED) is 0.576. The number of anilines is 2. The van der Waals surface area contributed by atoms with Gasteiger partial charge in [-0.15, -0.1) is 0 Å². The standard InChI is InChI=1S/C25H27N7O2/c1-15-12-27-25(30-19-13-28-32(14-19)20-9-21-7-8-22(10-20)34-21)31-23(15)17-3-5-18(6-4-17)24(33)29-16(2)11-26/h3-6,12-14,16,20-22H,7-10H2,1-2H3,(H,29,33)(H,27,30,31)/t16-,21-,22-/m0/s1. The lowest BCUT2D eigenvalue weighted by Gasteiger charge is -2.28. The summed E-state index contributed by atoms with van der Waals surface area (Å²) in [6, 6.07) is 8.97. The number of amides is 1. The molecule has 0 aliphatic carbocycles. The van der Waals surface area contributed by atoms with Crippen molar-refractivity contribution >= 4 is 17.5 Å². The Hall–Kier alpha value is -3.77. The van der Waals surface area contributed by atoms with Crippen LogP contribution >= 0.6 is 0 Å². The number of benzene rings is 1. The Morgan fingerprint density at radius 1 is 1.21 bits per heavy atom. The second kappa shape index (κ2) is 9.23. The normalized spacial score (nSPS) is 22.1. The number of aryl methyl sites for hydroxylation is 1. The first-order chi connectivity index (χ1) is 16.5. The van der Waals surface area contributed by atoms with Gasteiger partial charge in [-0.05, 0) is 57.2 Å². The van der Waals surface area contributed by atoms with Gasteiger partial charge < -0.3 is 15.4 Å². The smallest absolute Gasteiger partial charge is 0.252 e. The molecule has 4 heterocycles. The molecule has 3 atom stereocenters. The van der Waals surface area contributed by atoms with Gasteiger partial charge in [0, 0.05) is 23.5 Å². The summed E-state index contributed by atoms with van der Waals surface area (Å²) < 4.78 is 7.98. The SMILES string of the molecule is Cc1cnc(Nc2cnn(C3C[C@@H]4CC[C@@H](C3)O4)c2)nc1-c1ccc(C(=O)N[C@@H](C)C#N)cc1. The largest absolute Gasteiger partial charge is 0.375 e. The van der Waals surface area contributed by atoms with Crippen LogP contribution in [0.15, 0.2) is 42.9 Å². The fourth-order valence-electron chi connectivity index (χ4n) is 4.66. The molecule has 9 heteroatoms. The minimum absolute atomic E-state index is 0.281. The molecule has 2 bridgehead atoms. The van der Waals surface area contributed by atoms with Crippen molar-refractivity contribution in [2.24, 2.45) is 0 Å². The second-order valence-corrected chi connectivity index (χ2v) is 9.04. The van der Waals surface area contributed by atoms with Crippen LogP contribution in [0.4, 0.5) is 11.6 Å². The van der Waals surface area contributed by atoms with E-state index in [1.807, 2.05) is 36.0 Å². The summed E-state index contributed by atoms with van der Waals surface area (Å²) in [6.07, 6.45) is 10.6. The average molecular weight is 458 g/mol. The third kappa shape index (κ3) is 4.63. The van der Waals surface area contributed by atoms with Gasteiger partial charge in [0.1, 0.15) is 6.04 Å². The Kier molecular flexibility index (Phi) is 5.99. The highest BCUT2D eigenvalue weighted by atomic mass is 16.5. The third-order valence-corrected chi connectivity index (χ3v) is 6.43. The van der Waals surface area contributed by atoms with Gasteiger partial charge in [-0.1, -0.05) is 12.1 Å². The van der Waals surface area contributed by atoms with Crippen molar-refractivity contribution in [3.05, 3.63) is 54.0 Å². The highest BCUT2D eigenvalue weighted by molar-refractivity contribution is 5.95. The molecule has 2 fully saturated rings. The lowest BCUT2D eigenvalue weighted by atomic mass is 10.0. The molecule has 2 aliphatic heterocycles. The van der Waals surface area contributed by atoms with Gasteiger partial charge in [0.25, 0.3) is 5.91 Å². The predicted molar refractivity (Wildman–Crippen MR) is 126 cm³/mol. The van der Waals surface area contributed by atoms with Crippen molar-refractivity contribution in [1.29, 1.82) is 5.26 Å². The van der Waals surface area contributed by atoms with Gasteiger partial charge in [0.05, 0.1) is 41.9 Å². The zero-order chi connectivity index (χ0) is 23.7. The van der Waals surface area contributed by atoms with Crippen molar-refractivity contribution in [3.63, 3.8) is 0 Å². The summed E-state index contributed by atoms with van der Waals surface area (Å²) >= 11 is 0. The molecule has 1 aromatic carbocycles. The Balaban J connectivity index is 1.29. The molecule has 174 valence electrons. The molecule has 2 aliphatic rings. The number of fused-ring (bicyclic) bond motifs is 2. The molecule has 1 amide bonds. The number of hydrogen-bond donors (Lipinski definition) is 2. The molecule has 3 aromatic rings. The van der Waals surface area contributed by atoms with E-state index in [1.54, 1.807) is 31.5 Å². The van der Waals surface area contributed by atoms with E-state index in [4.69, 9.17) is 15.0 Å². The van der Waals surface area contributed by atoms with Crippen LogP contribution in [0.2, 0.25) is 0 Å². The maximum Gasteiger partial charge on any atom is 0.252 e. The highest BCUT2D eigenvalue weighted by Gasteiger charge is 2.36. The fraction of sp³-hybridized carbons (Fsp3) is 0.400. The van der Waals surface area contributed by atoms with Gasteiger partial charge in [0.2, 0.25) is 5.95 Å². The fourth-order valence-corrected chi connectivity index (χ4v) is 4.66. The molecular formula is C25H27N7O2. The molecule has 0 spiro atoms. The topological polar surface area (TPSA) is 118 Å². The second-order valence-electron chi connectivity index (χ2n) is 9.04. The van der Waals surface area contributed by atoms with Crippen LogP contribution in [0.3, 0.4) is 0 Å². The van der Waals surface area contributed by atoms with Crippen LogP contribution in [0.25, 0.3) is 11.3 Å². The lowest BCUT2D eigenvalue weighted by Crippen LogP contribution is -2.31. The summed E-state index contributed by atoms with van der Waals surface area (Å²) in [5.74, 6) is 0.203. The monoisotopic (exact) mass is 457 g/mol. The molecular weight excluding hydrogens is 430 g/mol. The Morgan fingerprint density at radius 2 is 1.94 bits per heavy atom. The maximum atomic E-state index is 12.2. The first-order valence-electron chi connectivity index (χ1n) is 11.6. The van der Waals surface area contributed by atoms with E-state index >= 15 is 0 Å². The molecule has 0 saturated carbocycles. The molecule has 9 nitrogen and oxygen atoms in total. The summed E-state index contributed by atoms with van der Waals surface area (Å²) in [7, 11) is 0. The van der Waals surface area contributed by atoms with Crippen molar-refractivity contribution in [2.45, 2.75) is 63.8 Å². The Labute approximate surface area is 198 Å². The highest BCUT2D eigenvalue weighted by Crippen LogP contribution is 2.38. The van der Waals surface area contributed by atoms with Crippen LogP contribution < -0.4 is 10.6 Å². The number of aromatic nitrogens is 4. The minimum atomic E-state index is -0.546. The van der Waals surface area contributed by atoms with Crippen molar-refractivity contribution in [1.82, 2.24) is 25.1 Å². The van der Waals surface area contributed by atoms with E-state index in [-0.39, 0.29) is 5.91 Å². The summed E-state index contributed by atoms with van der Waals surface area (Å²) in [5, 5.41) is 19.4. The zero-order valence-electron chi connectivity index (χ0n) is 19.2. The number of ether oxygens (including phenoxy) is 1. The Bertz CT molecular complexity index is 1220. The molecule has 5 rings (SSSR count). The summed E-state index contributed by atoms with van der Waals surface area (Å²) in [5.41, 5.74) is 3.91. The first-order valence-corrected chi connectivity index (χ1v) is 11.6. The average Bonchev–Trinajstić information content (AvgIpc) is 3.45. The van der Waals surface area contributed by atoms with E-state index in [0.717, 1.165) is 48.2 Å². The number of carbonyl (C=O) groups excluding carboxylic acids is 1. The number of rotatable bonds is 6. The van der Waals surface area contributed by atoms with Gasteiger partial charge in [0.15, 0.2) is 0 Å². The number of nitrogens with one attached hydrogen (secondary N) is 2. The van der Waals surface area contributed by atoms with E-state index < -0.39 is 6.04 Å². The number of carbonyl (C=O) groups is 1. The summed E-state index contributed by atoms with van der Waals surface area (Å²) in [6.45, 7) is 3.59. The van der Waals surface area contributed by atoms with Crippen LogP contribution in [0.5, 0.6) is 0 Å². The van der Waals surface area contributed by atoms with Crippen molar-refractivity contribution in [3.8, 4) is 17.3 Å². The predicted octanol–water partition coefficient (Wildman–Crippen LogP) is 3.92. The summed E-state index contributed by atoms with van der Waals surface area (Å²) in [4.78, 5) is 21.4. The minimum Gasteiger partial charge on any atom is -0.375 e. The molecule has 0 unspecified atom stereocenters. The molecule has 34 heavy (non-hydrogen) atoms. The molecule has 0 radical (unpaired) electrons. The van der Waals surface area contributed by atoms with Gasteiger partial charge in [-0.3, -0.25) is 9.48 Å². The molecule has 2 saturated heterocycles. The maximum absolute atomic E-state index is 12.2. The van der Waals surface area contributed by atoms with E-state index in [0.29, 0.717) is 29.8 Å². The van der Waals surface area contributed by atoms with Crippen LogP contribution in [-0.4, -0.2) is 43.9 Å². The first kappa shape index (κ1) is 22.0. The van der Waals surface area contributed by atoms with Crippen LogP contribution in [0, 0.1) is 18.3 Å². The van der Waals surface area contributed by atoms with Gasteiger partial charge >= 0.3 is 0 Å². The lowest BCUT2D eigenvalue weighted by molar-refractivity contribution is -0.0180. The van der Waals surface area contributed by atoms with Gasteiger partial charge in [-0.2, -0.15) is 10.4 Å². The Morgan fingerprint density at radius 3 is 2.65 bits per heavy atom. The van der Waals surface area contributed by atoms with Crippen LogP contribution in [0.1, 0.15) is 54.6 Å². The zero-order valence-corrected chi connectivity index (χ0v) is 19.2. The van der Waals surface area contributed by atoms with E-state index in [2.05, 4.69) is 20.7 Å². The van der Waals surface area contributed by atoms with Crippen LogP contribution in [-0.2, 0) is 4.74 Å². The number of nitrogens with zero attached hydrogens (tertiary/aromatic N) is 5. The number of nitriles is 1. The third-order valence-electron chi connectivity index (χ3n) is 6.43.